The second-order valence-corrected chi connectivity index (χ2v) is 7.64. The largest absolute Gasteiger partial charge is 0.339 e. The Morgan fingerprint density at radius 1 is 1.10 bits per heavy atom. The van der Waals surface area contributed by atoms with Crippen molar-refractivity contribution >= 4 is 11.2 Å². The number of unbranched alkanes of at least 4 members (excludes halogenated alkanes) is 1. The van der Waals surface area contributed by atoms with Gasteiger partial charge >= 0.3 is 5.69 Å². The predicted molar refractivity (Wildman–Crippen MR) is 107 cm³/mol. The second-order valence-electron chi connectivity index (χ2n) is 7.64. The Bertz CT molecular complexity index is 1070. The number of aryl methyl sites for hydroxylation is 3. The Morgan fingerprint density at radius 3 is 2.76 bits per heavy atom. The Hall–Kier alpha value is -2.75. The van der Waals surface area contributed by atoms with Crippen molar-refractivity contribution in [1.29, 1.82) is 0 Å². The molecule has 0 bridgehead atoms. The van der Waals surface area contributed by atoms with Crippen LogP contribution in [0.5, 0.6) is 0 Å². The summed E-state index contributed by atoms with van der Waals surface area (Å²) >= 11 is 0. The number of likely N-dealkylation sites (tertiary alicyclic amines) is 1. The van der Waals surface area contributed by atoms with Crippen LogP contribution in [0.25, 0.3) is 11.2 Å². The van der Waals surface area contributed by atoms with Crippen LogP contribution in [0.2, 0.25) is 0 Å². The van der Waals surface area contributed by atoms with Crippen LogP contribution in [0.15, 0.2) is 20.4 Å². The zero-order valence-electron chi connectivity index (χ0n) is 16.8. The molecule has 3 aromatic heterocycles. The molecule has 0 saturated carbocycles. The number of nitrogens with zero attached hydrogens (tertiary/aromatic N) is 6. The number of piperidine rings is 1. The van der Waals surface area contributed by atoms with Gasteiger partial charge in [-0.1, -0.05) is 11.6 Å². The van der Waals surface area contributed by atoms with Crippen molar-refractivity contribution in [3.8, 4) is 0 Å². The highest BCUT2D eigenvalue weighted by atomic mass is 16.5. The summed E-state index contributed by atoms with van der Waals surface area (Å²) in [5, 5.41) is 4.08. The predicted octanol–water partition coefficient (Wildman–Crippen LogP) is 0.858. The molecule has 10 nitrogen and oxygen atoms in total. The third kappa shape index (κ3) is 4.47. The summed E-state index contributed by atoms with van der Waals surface area (Å²) in [6, 6.07) is 0. The van der Waals surface area contributed by atoms with Crippen LogP contribution in [-0.4, -0.2) is 53.8 Å². The first-order chi connectivity index (χ1) is 14.1. The van der Waals surface area contributed by atoms with Gasteiger partial charge in [0.25, 0.3) is 5.56 Å². The smallest absolute Gasteiger partial charge is 0.329 e. The van der Waals surface area contributed by atoms with E-state index in [1.54, 1.807) is 17.9 Å². The molecular formula is C19H27N7O3. The minimum absolute atomic E-state index is 0.398. The molecule has 29 heavy (non-hydrogen) atoms. The lowest BCUT2D eigenvalue weighted by Gasteiger charge is -2.25. The number of hydrogen-bond donors (Lipinski definition) is 1. The van der Waals surface area contributed by atoms with E-state index < -0.39 is 11.2 Å². The fourth-order valence-electron chi connectivity index (χ4n) is 3.85. The Morgan fingerprint density at radius 2 is 1.93 bits per heavy atom. The monoisotopic (exact) mass is 401 g/mol. The van der Waals surface area contributed by atoms with Crippen LogP contribution in [0, 0.1) is 0 Å². The Balaban J connectivity index is 1.26. The SMILES string of the molecule is Cn1c(=O)[nH]c(=O)c2c1ncn2CCCCc1noc(CCN2CCCCC2)n1. The molecule has 4 rings (SSSR count). The van der Waals surface area contributed by atoms with E-state index in [2.05, 4.69) is 25.0 Å². The number of fused-ring (bicyclic) bond motifs is 1. The molecule has 1 fully saturated rings. The molecule has 4 heterocycles. The van der Waals surface area contributed by atoms with E-state index >= 15 is 0 Å². The van der Waals surface area contributed by atoms with Crippen LogP contribution in [0.1, 0.15) is 43.8 Å². The zero-order chi connectivity index (χ0) is 20.2. The molecule has 1 aliphatic heterocycles. The fraction of sp³-hybridized carbons (Fsp3) is 0.632. The molecule has 3 aromatic rings. The molecule has 1 aliphatic rings. The third-order valence-electron chi connectivity index (χ3n) is 5.53. The maximum Gasteiger partial charge on any atom is 0.329 e. The van der Waals surface area contributed by atoms with E-state index in [4.69, 9.17) is 4.52 Å². The zero-order valence-corrected chi connectivity index (χ0v) is 16.8. The summed E-state index contributed by atoms with van der Waals surface area (Å²) in [4.78, 5) is 37.2. The molecule has 0 spiro atoms. The maximum absolute atomic E-state index is 12.1. The second kappa shape index (κ2) is 8.73. The van der Waals surface area contributed by atoms with E-state index in [9.17, 15) is 9.59 Å². The number of aromatic amines is 1. The van der Waals surface area contributed by atoms with Gasteiger partial charge in [0.1, 0.15) is 0 Å². The van der Waals surface area contributed by atoms with E-state index in [0.29, 0.717) is 23.6 Å². The molecule has 10 heteroatoms. The fourth-order valence-corrected chi connectivity index (χ4v) is 3.85. The Kier molecular flexibility index (Phi) is 5.89. The molecule has 0 amide bonds. The van der Waals surface area contributed by atoms with Gasteiger partial charge in [0, 0.05) is 33.0 Å². The summed E-state index contributed by atoms with van der Waals surface area (Å²) in [6.45, 7) is 3.95. The number of hydrogen-bond acceptors (Lipinski definition) is 7. The summed E-state index contributed by atoms with van der Waals surface area (Å²) in [5.41, 5.74) is -0.0417. The topological polar surface area (TPSA) is 115 Å². The summed E-state index contributed by atoms with van der Waals surface area (Å²) < 4.78 is 8.51. The molecular weight excluding hydrogens is 374 g/mol. The van der Waals surface area contributed by atoms with Gasteiger partial charge in [-0.15, -0.1) is 0 Å². The van der Waals surface area contributed by atoms with Gasteiger partial charge in [0.05, 0.1) is 6.33 Å². The van der Waals surface area contributed by atoms with Crippen LogP contribution in [-0.2, 0) is 26.4 Å². The normalized spacial score (nSPS) is 15.3. The van der Waals surface area contributed by atoms with Gasteiger partial charge in [0.2, 0.25) is 5.89 Å². The molecule has 1 saturated heterocycles. The van der Waals surface area contributed by atoms with E-state index in [1.165, 1.54) is 36.9 Å². The van der Waals surface area contributed by atoms with Crippen LogP contribution >= 0.6 is 0 Å². The van der Waals surface area contributed by atoms with Crippen molar-refractivity contribution < 1.29 is 4.52 Å². The first-order valence-electron chi connectivity index (χ1n) is 10.3. The lowest BCUT2D eigenvalue weighted by molar-refractivity contribution is 0.223. The molecule has 0 aromatic carbocycles. The Labute approximate surface area is 167 Å². The summed E-state index contributed by atoms with van der Waals surface area (Å²) in [5.74, 6) is 1.44. The molecule has 0 radical (unpaired) electrons. The van der Waals surface area contributed by atoms with Crippen molar-refractivity contribution in [2.75, 3.05) is 19.6 Å². The number of rotatable bonds is 8. The lowest BCUT2D eigenvalue weighted by Crippen LogP contribution is -2.31. The van der Waals surface area contributed by atoms with Gasteiger partial charge < -0.3 is 14.0 Å². The molecule has 156 valence electrons. The minimum atomic E-state index is -0.457. The number of aromatic nitrogens is 6. The van der Waals surface area contributed by atoms with Crippen molar-refractivity contribution in [2.45, 2.75) is 51.5 Å². The molecule has 1 N–H and O–H groups in total. The van der Waals surface area contributed by atoms with Gasteiger partial charge in [-0.25, -0.2) is 9.78 Å². The summed E-state index contributed by atoms with van der Waals surface area (Å²) in [6.07, 6.45) is 8.74. The van der Waals surface area contributed by atoms with Crippen molar-refractivity contribution in [2.24, 2.45) is 7.05 Å². The number of imidazole rings is 1. The highest BCUT2D eigenvalue weighted by Gasteiger charge is 2.13. The van der Waals surface area contributed by atoms with Crippen molar-refractivity contribution in [1.82, 2.24) is 34.1 Å². The van der Waals surface area contributed by atoms with E-state index in [0.717, 1.165) is 38.1 Å². The molecule has 0 unspecified atom stereocenters. The number of H-pyrrole nitrogens is 1. The quantitative estimate of drug-likeness (QED) is 0.557. The van der Waals surface area contributed by atoms with Gasteiger partial charge in [0.15, 0.2) is 17.0 Å². The minimum Gasteiger partial charge on any atom is -0.339 e. The lowest BCUT2D eigenvalue weighted by atomic mass is 10.1. The summed E-state index contributed by atoms with van der Waals surface area (Å²) in [7, 11) is 1.59. The average molecular weight is 401 g/mol. The first kappa shape index (κ1) is 19.6. The van der Waals surface area contributed by atoms with E-state index in [1.807, 2.05) is 0 Å². The first-order valence-corrected chi connectivity index (χ1v) is 10.3. The number of nitrogens with one attached hydrogen (secondary N) is 1. The van der Waals surface area contributed by atoms with Crippen LogP contribution in [0.4, 0.5) is 0 Å². The third-order valence-corrected chi connectivity index (χ3v) is 5.53. The van der Waals surface area contributed by atoms with Gasteiger partial charge in [-0.3, -0.25) is 14.3 Å². The van der Waals surface area contributed by atoms with Crippen molar-refractivity contribution in [3.63, 3.8) is 0 Å². The van der Waals surface area contributed by atoms with E-state index in [-0.39, 0.29) is 0 Å². The van der Waals surface area contributed by atoms with Crippen molar-refractivity contribution in [3.05, 3.63) is 38.9 Å². The maximum atomic E-state index is 12.1. The van der Waals surface area contributed by atoms with Gasteiger partial charge in [-0.05, 0) is 38.8 Å². The van der Waals surface area contributed by atoms with Crippen LogP contribution < -0.4 is 11.2 Å². The highest BCUT2D eigenvalue weighted by molar-refractivity contribution is 5.69. The average Bonchev–Trinajstić information content (AvgIpc) is 3.36. The van der Waals surface area contributed by atoms with Crippen LogP contribution in [0.3, 0.4) is 0 Å². The molecule has 0 atom stereocenters. The standard InChI is InChI=1S/C19H27N7O3/c1-24-17-16(18(27)22-19(24)28)26(13-20-17)11-6-3-7-14-21-15(29-23-14)8-12-25-9-4-2-5-10-25/h13H,2-12H2,1H3,(H,22,27,28). The molecule has 0 aliphatic carbocycles. The van der Waals surface area contributed by atoms with Gasteiger partial charge in [-0.2, -0.15) is 4.98 Å². The highest BCUT2D eigenvalue weighted by Crippen LogP contribution is 2.11.